The molecule has 1 fully saturated rings. The predicted octanol–water partition coefficient (Wildman–Crippen LogP) is 4.00. The van der Waals surface area contributed by atoms with Crippen molar-refractivity contribution in [2.75, 3.05) is 0 Å². The van der Waals surface area contributed by atoms with Gasteiger partial charge in [0.15, 0.2) is 0 Å². The Labute approximate surface area is 107 Å². The third kappa shape index (κ3) is 2.68. The van der Waals surface area contributed by atoms with Gasteiger partial charge in [-0.3, -0.25) is 0 Å². The van der Waals surface area contributed by atoms with E-state index in [4.69, 9.17) is 0 Å². The number of aromatic nitrogens is 2. The summed E-state index contributed by atoms with van der Waals surface area (Å²) in [7, 11) is 2.11. The first-order valence-corrected chi connectivity index (χ1v) is 7.15. The highest BCUT2D eigenvalue weighted by Crippen LogP contribution is 2.28. The third-order valence-electron chi connectivity index (χ3n) is 3.90. The summed E-state index contributed by atoms with van der Waals surface area (Å²) in [6, 6.07) is 0. The van der Waals surface area contributed by atoms with Gasteiger partial charge in [0, 0.05) is 7.05 Å². The highest BCUT2D eigenvalue weighted by Gasteiger charge is 2.16. The van der Waals surface area contributed by atoms with Crippen LogP contribution in [0.5, 0.6) is 0 Å². The van der Waals surface area contributed by atoms with Crippen molar-refractivity contribution in [3.8, 4) is 0 Å². The van der Waals surface area contributed by atoms with E-state index in [-0.39, 0.29) is 0 Å². The van der Waals surface area contributed by atoms with Crippen molar-refractivity contribution in [3.63, 3.8) is 0 Å². The molecule has 1 aliphatic carbocycles. The Morgan fingerprint density at radius 2 is 2.00 bits per heavy atom. The first-order valence-electron chi connectivity index (χ1n) is 6.36. The van der Waals surface area contributed by atoms with Gasteiger partial charge in [-0.05, 0) is 41.6 Å². The van der Waals surface area contributed by atoms with Gasteiger partial charge in [-0.2, -0.15) is 0 Å². The van der Waals surface area contributed by atoms with Crippen LogP contribution in [0.25, 0.3) is 0 Å². The van der Waals surface area contributed by atoms with Gasteiger partial charge in [0.2, 0.25) is 0 Å². The van der Waals surface area contributed by atoms with Crippen LogP contribution in [0.4, 0.5) is 0 Å². The van der Waals surface area contributed by atoms with E-state index in [1.165, 1.54) is 50.6 Å². The monoisotopic (exact) mass is 284 g/mol. The van der Waals surface area contributed by atoms with Gasteiger partial charge < -0.3 is 4.57 Å². The van der Waals surface area contributed by atoms with Crippen molar-refractivity contribution >= 4 is 15.9 Å². The zero-order chi connectivity index (χ0) is 11.5. The number of aryl methyl sites for hydroxylation is 1. The maximum atomic E-state index is 4.45. The largest absolute Gasteiger partial charge is 0.334 e. The molecule has 0 radical (unpaired) electrons. The van der Waals surface area contributed by atoms with E-state index in [9.17, 15) is 0 Å². The summed E-state index contributed by atoms with van der Waals surface area (Å²) >= 11 is 3.56. The van der Waals surface area contributed by atoms with E-state index in [0.717, 1.165) is 16.3 Å². The normalized spacial score (nSPS) is 17.9. The second-order valence-electron chi connectivity index (χ2n) is 5.00. The highest BCUT2D eigenvalue weighted by molar-refractivity contribution is 9.10. The molecule has 2 rings (SSSR count). The molecule has 90 valence electrons. The maximum absolute atomic E-state index is 4.45. The lowest BCUT2D eigenvalue weighted by Crippen LogP contribution is -2.09. The Balaban J connectivity index is 1.93. The van der Waals surface area contributed by atoms with E-state index in [2.05, 4.69) is 39.5 Å². The highest BCUT2D eigenvalue weighted by atomic mass is 79.9. The average Bonchev–Trinajstić information content (AvgIpc) is 2.53. The standard InChI is InChI=1S/C13H21BrN2/c1-10-15-13(14)12(16(10)2)9-8-11-6-4-3-5-7-11/h11H,3-9H2,1-2H3. The summed E-state index contributed by atoms with van der Waals surface area (Å²) in [4.78, 5) is 4.45. The first-order chi connectivity index (χ1) is 7.68. The van der Waals surface area contributed by atoms with Crippen molar-refractivity contribution in [3.05, 3.63) is 16.1 Å². The van der Waals surface area contributed by atoms with Gasteiger partial charge in [-0.1, -0.05) is 32.1 Å². The Kier molecular flexibility index (Phi) is 4.06. The topological polar surface area (TPSA) is 17.8 Å². The molecule has 0 N–H and O–H groups in total. The molecule has 0 aromatic carbocycles. The lowest BCUT2D eigenvalue weighted by atomic mass is 9.86. The average molecular weight is 285 g/mol. The molecule has 16 heavy (non-hydrogen) atoms. The molecule has 1 aromatic rings. The molecule has 0 atom stereocenters. The minimum atomic E-state index is 0.954. The van der Waals surface area contributed by atoms with Crippen LogP contribution in [0.15, 0.2) is 4.60 Å². The van der Waals surface area contributed by atoms with Crippen molar-refractivity contribution in [1.82, 2.24) is 9.55 Å². The van der Waals surface area contributed by atoms with Crippen molar-refractivity contribution in [1.29, 1.82) is 0 Å². The third-order valence-corrected chi connectivity index (χ3v) is 4.54. The van der Waals surface area contributed by atoms with Crippen LogP contribution in [0, 0.1) is 12.8 Å². The molecule has 0 bridgehead atoms. The molecule has 1 heterocycles. The number of imidazole rings is 1. The van der Waals surface area contributed by atoms with E-state index >= 15 is 0 Å². The summed E-state index contributed by atoms with van der Waals surface area (Å²) in [6.45, 7) is 2.06. The fourth-order valence-corrected chi connectivity index (χ4v) is 3.42. The van der Waals surface area contributed by atoms with Crippen molar-refractivity contribution < 1.29 is 0 Å². The van der Waals surface area contributed by atoms with Crippen LogP contribution < -0.4 is 0 Å². The molecule has 0 amide bonds. The second-order valence-corrected chi connectivity index (χ2v) is 5.75. The summed E-state index contributed by atoms with van der Waals surface area (Å²) in [5.41, 5.74) is 1.36. The number of nitrogens with zero attached hydrogens (tertiary/aromatic N) is 2. The molecule has 1 saturated carbocycles. The Morgan fingerprint density at radius 3 is 2.56 bits per heavy atom. The number of halogens is 1. The number of hydrogen-bond donors (Lipinski definition) is 0. The molecule has 1 aliphatic rings. The SMILES string of the molecule is Cc1nc(Br)c(CCC2CCCCC2)n1C. The van der Waals surface area contributed by atoms with Gasteiger partial charge in [0.1, 0.15) is 10.4 Å². The van der Waals surface area contributed by atoms with Gasteiger partial charge in [-0.25, -0.2) is 4.98 Å². The van der Waals surface area contributed by atoms with Crippen LogP contribution in [0.1, 0.15) is 50.0 Å². The van der Waals surface area contributed by atoms with Crippen LogP contribution in [-0.2, 0) is 13.5 Å². The lowest BCUT2D eigenvalue weighted by molar-refractivity contribution is 0.337. The van der Waals surface area contributed by atoms with Crippen LogP contribution in [0.3, 0.4) is 0 Å². The number of hydrogen-bond acceptors (Lipinski definition) is 1. The molecule has 0 saturated heterocycles. The molecule has 0 aliphatic heterocycles. The molecule has 0 unspecified atom stereocenters. The number of rotatable bonds is 3. The summed E-state index contributed by atoms with van der Waals surface area (Å²) < 4.78 is 3.26. The van der Waals surface area contributed by atoms with Gasteiger partial charge in [0.25, 0.3) is 0 Å². The molecule has 3 heteroatoms. The molecule has 1 aromatic heterocycles. The van der Waals surface area contributed by atoms with Crippen molar-refractivity contribution in [2.45, 2.75) is 51.9 Å². The molecular weight excluding hydrogens is 264 g/mol. The fourth-order valence-electron chi connectivity index (χ4n) is 2.70. The maximum Gasteiger partial charge on any atom is 0.127 e. The van der Waals surface area contributed by atoms with E-state index in [0.29, 0.717) is 0 Å². The molecular formula is C13H21BrN2. The first kappa shape index (κ1) is 12.2. The summed E-state index contributed by atoms with van der Waals surface area (Å²) in [5, 5.41) is 0. The van der Waals surface area contributed by atoms with Gasteiger partial charge >= 0.3 is 0 Å². The Bertz CT molecular complexity index is 351. The smallest absolute Gasteiger partial charge is 0.127 e. The van der Waals surface area contributed by atoms with E-state index in [1.807, 2.05) is 0 Å². The summed E-state index contributed by atoms with van der Waals surface area (Å²) in [5.74, 6) is 2.06. The van der Waals surface area contributed by atoms with Crippen molar-refractivity contribution in [2.24, 2.45) is 13.0 Å². The van der Waals surface area contributed by atoms with E-state index < -0.39 is 0 Å². The van der Waals surface area contributed by atoms with Crippen LogP contribution >= 0.6 is 15.9 Å². The van der Waals surface area contributed by atoms with Crippen LogP contribution in [0.2, 0.25) is 0 Å². The Hall–Kier alpha value is -0.310. The van der Waals surface area contributed by atoms with Crippen LogP contribution in [-0.4, -0.2) is 9.55 Å². The molecule has 0 spiro atoms. The Morgan fingerprint density at radius 1 is 1.31 bits per heavy atom. The predicted molar refractivity (Wildman–Crippen MR) is 70.5 cm³/mol. The zero-order valence-corrected chi connectivity index (χ0v) is 11.9. The molecule has 2 nitrogen and oxygen atoms in total. The minimum absolute atomic E-state index is 0.954. The summed E-state index contributed by atoms with van der Waals surface area (Å²) in [6.07, 6.45) is 9.71. The zero-order valence-electron chi connectivity index (χ0n) is 10.3. The van der Waals surface area contributed by atoms with Gasteiger partial charge in [0.05, 0.1) is 5.69 Å². The lowest BCUT2D eigenvalue weighted by Gasteiger charge is -2.21. The fraction of sp³-hybridized carbons (Fsp3) is 0.769. The van der Waals surface area contributed by atoms with E-state index in [1.54, 1.807) is 0 Å². The van der Waals surface area contributed by atoms with Gasteiger partial charge in [-0.15, -0.1) is 0 Å². The quantitative estimate of drug-likeness (QED) is 0.820. The minimum Gasteiger partial charge on any atom is -0.334 e. The second kappa shape index (κ2) is 5.35.